The normalized spacial score (nSPS) is 20.6. The smallest absolute Gasteiger partial charge is 0.150 e. The Morgan fingerprint density at radius 1 is 0.659 bits per heavy atom. The van der Waals surface area contributed by atoms with Crippen molar-refractivity contribution in [2.45, 2.75) is 179 Å². The van der Waals surface area contributed by atoms with Crippen LogP contribution in [0.5, 0.6) is 0 Å². The maximum Gasteiger partial charge on any atom is 0.150 e. The fourth-order valence-electron chi connectivity index (χ4n) is 7.02. The summed E-state index contributed by atoms with van der Waals surface area (Å²) in [5.41, 5.74) is -0.951. The average molecular weight is 578 g/mol. The van der Waals surface area contributed by atoms with Gasteiger partial charge in [-0.2, -0.15) is 0 Å². The highest BCUT2D eigenvalue weighted by Gasteiger charge is 2.42. The minimum absolute atomic E-state index is 0.221. The van der Waals surface area contributed by atoms with E-state index in [0.29, 0.717) is 5.78 Å². The molecule has 6 nitrogen and oxygen atoms in total. The molecule has 3 atom stereocenters. The molecule has 1 aliphatic rings. The van der Waals surface area contributed by atoms with Crippen molar-refractivity contribution in [2.24, 2.45) is 0 Å². The minimum Gasteiger partial charge on any atom is -0.308 e. The lowest BCUT2D eigenvalue weighted by Gasteiger charge is -2.34. The predicted octanol–water partition coefficient (Wildman–Crippen LogP) is 7.57. The van der Waals surface area contributed by atoms with E-state index in [1.165, 1.54) is 57.8 Å². The average Bonchev–Trinajstić information content (AvgIpc) is 3.32. The fourth-order valence-corrected chi connectivity index (χ4v) is 7.02. The van der Waals surface area contributed by atoms with E-state index in [4.69, 9.17) is 0 Å². The molecule has 1 rings (SSSR count). The minimum atomic E-state index is -0.374. The molecule has 1 heterocycles. The van der Waals surface area contributed by atoms with Crippen LogP contribution in [0.15, 0.2) is 0 Å². The number of likely N-dealkylation sites (tertiary alicyclic amines) is 1. The highest BCUT2D eigenvalue weighted by molar-refractivity contribution is 5.87. The lowest BCUT2D eigenvalue weighted by molar-refractivity contribution is -0.127. The third-order valence-electron chi connectivity index (χ3n) is 10.7. The van der Waals surface area contributed by atoms with Crippen molar-refractivity contribution < 1.29 is 14.4 Å². The number of Topliss-reactive ketones (excluding diaryl/α,β-unsaturated/α-hetero) is 3. The SMILES string of the molecule is CNC(C)(CCCCCCCCCCCCCC(CCCCCC[C@@]1(C(C)=O)CCCN1C)(NC)C(C)=O)C(C)=O. The number of unbranched alkanes of at least 4 members (excludes halogenated alkanes) is 13. The van der Waals surface area contributed by atoms with E-state index in [-0.39, 0.29) is 28.2 Å². The number of hydrogen-bond donors (Lipinski definition) is 2. The predicted molar refractivity (Wildman–Crippen MR) is 174 cm³/mol. The number of ketones is 3. The Morgan fingerprint density at radius 3 is 1.44 bits per heavy atom. The van der Waals surface area contributed by atoms with Crippen molar-refractivity contribution in [3.8, 4) is 0 Å². The molecule has 240 valence electrons. The number of likely N-dealkylation sites (N-methyl/N-ethyl adjacent to an activating group) is 3. The maximum absolute atomic E-state index is 12.6. The van der Waals surface area contributed by atoms with Crippen LogP contribution in [-0.4, -0.2) is 66.6 Å². The van der Waals surface area contributed by atoms with Crippen molar-refractivity contribution in [3.63, 3.8) is 0 Å². The van der Waals surface area contributed by atoms with Gasteiger partial charge in [0, 0.05) is 0 Å². The van der Waals surface area contributed by atoms with Gasteiger partial charge in [0.2, 0.25) is 0 Å². The largest absolute Gasteiger partial charge is 0.308 e. The third-order valence-corrected chi connectivity index (χ3v) is 10.7. The highest BCUT2D eigenvalue weighted by atomic mass is 16.1. The molecule has 0 bridgehead atoms. The van der Waals surface area contributed by atoms with Gasteiger partial charge in [0.05, 0.1) is 16.6 Å². The second-order valence-electron chi connectivity index (χ2n) is 13.4. The molecule has 41 heavy (non-hydrogen) atoms. The van der Waals surface area contributed by atoms with Crippen LogP contribution in [0.2, 0.25) is 0 Å². The zero-order valence-electron chi connectivity index (χ0n) is 28.2. The van der Waals surface area contributed by atoms with Crippen LogP contribution in [0.1, 0.15) is 163 Å². The topological polar surface area (TPSA) is 78.5 Å². The van der Waals surface area contributed by atoms with Gasteiger partial charge in [-0.15, -0.1) is 0 Å². The Balaban J connectivity index is 2.14. The van der Waals surface area contributed by atoms with Gasteiger partial charge < -0.3 is 10.6 Å². The zero-order valence-corrected chi connectivity index (χ0v) is 28.2. The van der Waals surface area contributed by atoms with E-state index in [1.807, 2.05) is 21.0 Å². The van der Waals surface area contributed by atoms with Crippen LogP contribution in [0, 0.1) is 0 Å². The molecule has 1 saturated heterocycles. The van der Waals surface area contributed by atoms with Gasteiger partial charge in [-0.1, -0.05) is 96.3 Å². The summed E-state index contributed by atoms with van der Waals surface area (Å²) in [5, 5.41) is 6.60. The molecular weight excluding hydrogens is 510 g/mol. The molecular formula is C35H67N3O3. The summed E-state index contributed by atoms with van der Waals surface area (Å²) in [6.07, 6.45) is 24.0. The number of carbonyl (C=O) groups excluding carboxylic acids is 3. The summed E-state index contributed by atoms with van der Waals surface area (Å²) < 4.78 is 0. The molecule has 6 heteroatoms. The van der Waals surface area contributed by atoms with E-state index in [9.17, 15) is 14.4 Å². The maximum atomic E-state index is 12.6. The summed E-state index contributed by atoms with van der Waals surface area (Å²) in [4.78, 5) is 39.1. The molecule has 0 aromatic heterocycles. The van der Waals surface area contributed by atoms with E-state index in [0.717, 1.165) is 83.6 Å². The summed E-state index contributed by atoms with van der Waals surface area (Å²) in [7, 11) is 5.94. The molecule has 0 saturated carbocycles. The van der Waals surface area contributed by atoms with Crippen molar-refractivity contribution in [1.82, 2.24) is 15.5 Å². The third kappa shape index (κ3) is 12.6. The Kier molecular flexibility index (Phi) is 18.5. The van der Waals surface area contributed by atoms with Crippen molar-refractivity contribution in [1.29, 1.82) is 0 Å². The van der Waals surface area contributed by atoms with Crippen LogP contribution in [0.4, 0.5) is 0 Å². The van der Waals surface area contributed by atoms with Gasteiger partial charge in [-0.3, -0.25) is 19.3 Å². The molecule has 1 aliphatic heterocycles. The first-order chi connectivity index (χ1) is 19.5. The Hall–Kier alpha value is -1.11. The first-order valence-electron chi connectivity index (χ1n) is 17.1. The van der Waals surface area contributed by atoms with E-state index in [1.54, 1.807) is 20.8 Å². The van der Waals surface area contributed by atoms with Gasteiger partial charge in [0.25, 0.3) is 0 Å². The molecule has 0 spiro atoms. The van der Waals surface area contributed by atoms with Crippen LogP contribution in [0.3, 0.4) is 0 Å². The van der Waals surface area contributed by atoms with Gasteiger partial charge in [0.1, 0.15) is 17.3 Å². The first-order valence-corrected chi connectivity index (χ1v) is 17.1. The lowest BCUT2D eigenvalue weighted by Crippen LogP contribution is -2.49. The van der Waals surface area contributed by atoms with E-state index >= 15 is 0 Å². The number of nitrogens with zero attached hydrogens (tertiary/aromatic N) is 1. The quantitative estimate of drug-likeness (QED) is 0.103. The van der Waals surface area contributed by atoms with Gasteiger partial charge >= 0.3 is 0 Å². The van der Waals surface area contributed by atoms with Gasteiger partial charge in [-0.25, -0.2) is 0 Å². The molecule has 2 N–H and O–H groups in total. The van der Waals surface area contributed by atoms with Crippen molar-refractivity contribution in [2.75, 3.05) is 27.7 Å². The number of carbonyl (C=O) groups is 3. The van der Waals surface area contributed by atoms with E-state index in [2.05, 4.69) is 22.6 Å². The molecule has 2 unspecified atom stereocenters. The Morgan fingerprint density at radius 2 is 1.10 bits per heavy atom. The van der Waals surface area contributed by atoms with Crippen LogP contribution in [-0.2, 0) is 14.4 Å². The van der Waals surface area contributed by atoms with E-state index < -0.39 is 0 Å². The summed E-state index contributed by atoms with van der Waals surface area (Å²) in [5.74, 6) is 0.839. The van der Waals surface area contributed by atoms with Crippen molar-refractivity contribution >= 4 is 17.3 Å². The number of nitrogens with one attached hydrogen (secondary N) is 2. The zero-order chi connectivity index (χ0) is 30.8. The Bertz CT molecular complexity index is 772. The second kappa shape index (κ2) is 20.0. The second-order valence-corrected chi connectivity index (χ2v) is 13.4. The molecule has 0 amide bonds. The van der Waals surface area contributed by atoms with Crippen LogP contribution in [0.25, 0.3) is 0 Å². The molecule has 0 radical (unpaired) electrons. The lowest BCUT2D eigenvalue weighted by atomic mass is 9.82. The standard InChI is InChI=1S/C35H67N3O3/c1-30(39)33(4,36-5)24-19-15-13-11-9-8-10-12-14-16-20-25-34(37-6,31(2)40)26-21-17-18-22-27-35(32(3)41)28-23-29-38(35)7/h36-37H,8-29H2,1-7H3/t33?,34?,35-/m0/s1. The highest BCUT2D eigenvalue weighted by Crippen LogP contribution is 2.34. The monoisotopic (exact) mass is 578 g/mol. The Labute approximate surface area is 253 Å². The molecule has 1 fully saturated rings. The number of rotatable bonds is 26. The molecule has 0 aromatic rings. The number of hydrogen-bond acceptors (Lipinski definition) is 6. The van der Waals surface area contributed by atoms with Crippen molar-refractivity contribution in [3.05, 3.63) is 0 Å². The van der Waals surface area contributed by atoms with Crippen LogP contribution < -0.4 is 10.6 Å². The molecule has 0 aliphatic carbocycles. The summed E-state index contributed by atoms with van der Waals surface area (Å²) in [6.45, 7) is 8.25. The fraction of sp³-hybridized carbons (Fsp3) is 0.914. The molecule has 0 aromatic carbocycles. The first kappa shape index (κ1) is 37.9. The summed E-state index contributed by atoms with van der Waals surface area (Å²) in [6, 6.07) is 0. The van der Waals surface area contributed by atoms with Gasteiger partial charge in [-0.05, 0) is 93.9 Å². The van der Waals surface area contributed by atoms with Gasteiger partial charge in [0.15, 0.2) is 0 Å². The van der Waals surface area contributed by atoms with Crippen LogP contribution >= 0.6 is 0 Å². The summed E-state index contributed by atoms with van der Waals surface area (Å²) >= 11 is 0.